The molecule has 2 nitrogen and oxygen atoms in total. The first-order valence-electron chi connectivity index (χ1n) is 5.50. The number of nitrogens with one attached hydrogen (secondary N) is 1. The van der Waals surface area contributed by atoms with Crippen LogP contribution in [0.5, 0.6) is 0 Å². The van der Waals surface area contributed by atoms with Gasteiger partial charge in [0.2, 0.25) is 0 Å². The number of rotatable bonds is 3. The van der Waals surface area contributed by atoms with E-state index in [0.29, 0.717) is 12.5 Å². The van der Waals surface area contributed by atoms with Gasteiger partial charge in [-0.3, -0.25) is 4.79 Å². The highest BCUT2D eigenvalue weighted by Gasteiger charge is 2.21. The van der Waals surface area contributed by atoms with E-state index in [4.69, 9.17) is 0 Å². The van der Waals surface area contributed by atoms with Gasteiger partial charge in [-0.05, 0) is 30.9 Å². The van der Waals surface area contributed by atoms with Crippen molar-refractivity contribution in [2.45, 2.75) is 19.3 Å². The summed E-state index contributed by atoms with van der Waals surface area (Å²) < 4.78 is 27.2. The molecule has 92 valence electrons. The Morgan fingerprint density at radius 2 is 1.94 bits per heavy atom. The van der Waals surface area contributed by atoms with Crippen LogP contribution in [0.25, 0.3) is 0 Å². The maximum atomic E-state index is 13.5. The Hall–Kier alpha value is -0.970. The Labute approximate surface area is 107 Å². The van der Waals surface area contributed by atoms with Gasteiger partial charge in [0.15, 0.2) is 0 Å². The predicted molar refractivity (Wildman–Crippen MR) is 63.7 cm³/mol. The molecule has 2 rings (SSSR count). The van der Waals surface area contributed by atoms with Crippen LogP contribution < -0.4 is 5.32 Å². The molecule has 1 aliphatic rings. The number of hydrogen-bond acceptors (Lipinski definition) is 1. The summed E-state index contributed by atoms with van der Waals surface area (Å²) in [5.74, 6) is -1.91. The summed E-state index contributed by atoms with van der Waals surface area (Å²) in [4.78, 5) is 11.6. The molecule has 0 saturated heterocycles. The fourth-order valence-corrected chi connectivity index (χ4v) is 2.18. The second kappa shape index (κ2) is 5.12. The van der Waals surface area contributed by atoms with E-state index in [1.165, 1.54) is 6.42 Å². The van der Waals surface area contributed by atoms with E-state index in [1.807, 2.05) is 0 Å². The van der Waals surface area contributed by atoms with Crippen LogP contribution in [0.4, 0.5) is 8.78 Å². The Morgan fingerprint density at radius 3 is 2.41 bits per heavy atom. The number of amides is 1. The van der Waals surface area contributed by atoms with Crippen molar-refractivity contribution in [1.82, 2.24) is 5.32 Å². The highest BCUT2D eigenvalue weighted by Crippen LogP contribution is 2.25. The average Bonchev–Trinajstić information content (AvgIpc) is 2.13. The monoisotopic (exact) mass is 303 g/mol. The van der Waals surface area contributed by atoms with E-state index < -0.39 is 23.1 Å². The van der Waals surface area contributed by atoms with Crippen molar-refractivity contribution in [2.24, 2.45) is 5.92 Å². The first-order chi connectivity index (χ1) is 8.08. The molecule has 0 bridgehead atoms. The van der Waals surface area contributed by atoms with Gasteiger partial charge >= 0.3 is 0 Å². The second-order valence-electron chi connectivity index (χ2n) is 4.25. The molecule has 0 aliphatic heterocycles. The number of hydrogen-bond donors (Lipinski definition) is 1. The second-order valence-corrected chi connectivity index (χ2v) is 5.17. The molecule has 0 unspecified atom stereocenters. The molecule has 1 aliphatic carbocycles. The standard InChI is InChI=1S/C12H12BrF2NO/c13-8-4-9(14)11(10(15)5-8)12(17)16-6-7-2-1-3-7/h4-5,7H,1-3,6H2,(H,16,17). The number of carbonyl (C=O) groups is 1. The van der Waals surface area contributed by atoms with Gasteiger partial charge in [0.1, 0.15) is 17.2 Å². The molecule has 0 heterocycles. The van der Waals surface area contributed by atoms with E-state index in [1.54, 1.807) is 0 Å². The Balaban J connectivity index is 2.07. The highest BCUT2D eigenvalue weighted by molar-refractivity contribution is 9.10. The van der Waals surface area contributed by atoms with E-state index in [9.17, 15) is 13.6 Å². The molecular weight excluding hydrogens is 292 g/mol. The zero-order chi connectivity index (χ0) is 12.4. The lowest BCUT2D eigenvalue weighted by molar-refractivity contribution is 0.0930. The molecule has 0 spiro atoms. The van der Waals surface area contributed by atoms with Crippen molar-refractivity contribution in [3.05, 3.63) is 33.8 Å². The van der Waals surface area contributed by atoms with Crippen LogP contribution >= 0.6 is 15.9 Å². The Kier molecular flexibility index (Phi) is 3.76. The van der Waals surface area contributed by atoms with Crippen molar-refractivity contribution in [3.63, 3.8) is 0 Å². The van der Waals surface area contributed by atoms with E-state index in [0.717, 1.165) is 25.0 Å². The lowest BCUT2D eigenvalue weighted by atomic mass is 9.85. The van der Waals surface area contributed by atoms with Crippen LogP contribution in [-0.2, 0) is 0 Å². The van der Waals surface area contributed by atoms with Crippen LogP contribution in [0, 0.1) is 17.6 Å². The Bertz CT molecular complexity index is 423. The molecule has 17 heavy (non-hydrogen) atoms. The van der Waals surface area contributed by atoms with Crippen LogP contribution in [-0.4, -0.2) is 12.5 Å². The Morgan fingerprint density at radius 1 is 1.35 bits per heavy atom. The third kappa shape index (κ3) is 2.83. The summed E-state index contributed by atoms with van der Waals surface area (Å²) in [7, 11) is 0. The van der Waals surface area contributed by atoms with Crippen LogP contribution in [0.2, 0.25) is 0 Å². The molecule has 0 radical (unpaired) electrons. The maximum Gasteiger partial charge on any atom is 0.257 e. The highest BCUT2D eigenvalue weighted by atomic mass is 79.9. The van der Waals surface area contributed by atoms with Crippen molar-refractivity contribution in [3.8, 4) is 0 Å². The van der Waals surface area contributed by atoms with Gasteiger partial charge in [0.05, 0.1) is 0 Å². The smallest absolute Gasteiger partial charge is 0.257 e. The number of halogens is 3. The molecule has 1 aromatic carbocycles. The van der Waals surface area contributed by atoms with Gasteiger partial charge in [0, 0.05) is 11.0 Å². The van der Waals surface area contributed by atoms with Crippen molar-refractivity contribution in [1.29, 1.82) is 0 Å². The summed E-state index contributed by atoms with van der Waals surface area (Å²) in [5.41, 5.74) is -0.507. The average molecular weight is 304 g/mol. The molecule has 1 fully saturated rings. The molecule has 0 aromatic heterocycles. The van der Waals surface area contributed by atoms with Gasteiger partial charge in [-0.1, -0.05) is 22.4 Å². The van der Waals surface area contributed by atoms with Crippen LogP contribution in [0.3, 0.4) is 0 Å². The maximum absolute atomic E-state index is 13.5. The molecule has 1 amide bonds. The zero-order valence-electron chi connectivity index (χ0n) is 9.10. The lowest BCUT2D eigenvalue weighted by Gasteiger charge is -2.25. The van der Waals surface area contributed by atoms with Gasteiger partial charge < -0.3 is 5.32 Å². The van der Waals surface area contributed by atoms with Gasteiger partial charge in [-0.2, -0.15) is 0 Å². The lowest BCUT2D eigenvalue weighted by Crippen LogP contribution is -2.33. The quantitative estimate of drug-likeness (QED) is 0.912. The molecule has 0 atom stereocenters. The number of benzene rings is 1. The first-order valence-corrected chi connectivity index (χ1v) is 6.30. The van der Waals surface area contributed by atoms with Crippen molar-refractivity contribution in [2.75, 3.05) is 6.54 Å². The van der Waals surface area contributed by atoms with E-state index >= 15 is 0 Å². The summed E-state index contributed by atoms with van der Waals surface area (Å²) >= 11 is 2.97. The molecule has 5 heteroatoms. The third-order valence-electron chi connectivity index (χ3n) is 3.01. The largest absolute Gasteiger partial charge is 0.352 e. The van der Waals surface area contributed by atoms with E-state index in [-0.39, 0.29) is 4.47 Å². The minimum absolute atomic E-state index is 0.281. The van der Waals surface area contributed by atoms with Gasteiger partial charge in [0.25, 0.3) is 5.91 Å². The summed E-state index contributed by atoms with van der Waals surface area (Å²) in [6.07, 6.45) is 3.32. The van der Waals surface area contributed by atoms with Gasteiger partial charge in [-0.25, -0.2) is 8.78 Å². The minimum atomic E-state index is -0.844. The first kappa shape index (κ1) is 12.5. The predicted octanol–water partition coefficient (Wildman–Crippen LogP) is 3.26. The fraction of sp³-hybridized carbons (Fsp3) is 0.417. The van der Waals surface area contributed by atoms with Crippen molar-refractivity contribution < 1.29 is 13.6 Å². The summed E-state index contributed by atoms with van der Waals surface area (Å²) in [6.45, 7) is 0.494. The topological polar surface area (TPSA) is 29.1 Å². The van der Waals surface area contributed by atoms with E-state index in [2.05, 4.69) is 21.2 Å². The van der Waals surface area contributed by atoms with Crippen molar-refractivity contribution >= 4 is 21.8 Å². The van der Waals surface area contributed by atoms with Crippen LogP contribution in [0.15, 0.2) is 16.6 Å². The molecule has 1 N–H and O–H groups in total. The number of carbonyl (C=O) groups excluding carboxylic acids is 1. The molecular formula is C12H12BrF2NO. The molecule has 1 saturated carbocycles. The molecule has 1 aromatic rings. The SMILES string of the molecule is O=C(NCC1CCC1)c1c(F)cc(Br)cc1F. The summed E-state index contributed by atoms with van der Waals surface area (Å²) in [5, 5.41) is 2.57. The summed E-state index contributed by atoms with van der Waals surface area (Å²) in [6, 6.07) is 2.17. The van der Waals surface area contributed by atoms with Gasteiger partial charge in [-0.15, -0.1) is 0 Å². The minimum Gasteiger partial charge on any atom is -0.352 e. The zero-order valence-corrected chi connectivity index (χ0v) is 10.7. The normalized spacial score (nSPS) is 15.5. The van der Waals surface area contributed by atoms with Crippen LogP contribution in [0.1, 0.15) is 29.6 Å². The fourth-order valence-electron chi connectivity index (χ4n) is 1.78. The third-order valence-corrected chi connectivity index (χ3v) is 3.47.